The SMILES string of the molecule is ClC1=CCN=C1Cl. The summed E-state index contributed by atoms with van der Waals surface area (Å²) in [6.07, 6.45) is 1.77. The molecule has 0 fully saturated rings. The topological polar surface area (TPSA) is 12.4 Å². The van der Waals surface area contributed by atoms with Crippen LogP contribution in [0.15, 0.2) is 16.1 Å². The molecule has 38 valence electrons. The van der Waals surface area contributed by atoms with E-state index in [0.717, 1.165) is 0 Å². The van der Waals surface area contributed by atoms with Crippen molar-refractivity contribution < 1.29 is 0 Å². The zero-order valence-electron chi connectivity index (χ0n) is 3.49. The Kier molecular flexibility index (Phi) is 1.35. The van der Waals surface area contributed by atoms with Crippen molar-refractivity contribution in [1.29, 1.82) is 0 Å². The lowest BCUT2D eigenvalue weighted by molar-refractivity contribution is 1.29. The van der Waals surface area contributed by atoms with Crippen molar-refractivity contribution in [3.63, 3.8) is 0 Å². The maximum Gasteiger partial charge on any atom is 0.142 e. The van der Waals surface area contributed by atoms with Crippen molar-refractivity contribution in [1.82, 2.24) is 0 Å². The first kappa shape index (κ1) is 5.13. The number of aliphatic imine (C=N–C) groups is 1. The van der Waals surface area contributed by atoms with E-state index in [9.17, 15) is 0 Å². The standard InChI is InChI=1S/C4H3Cl2N/c5-3-1-2-7-4(3)6/h1H,2H2. The molecule has 0 aliphatic carbocycles. The van der Waals surface area contributed by atoms with E-state index in [1.807, 2.05) is 0 Å². The Morgan fingerprint density at radius 1 is 1.57 bits per heavy atom. The van der Waals surface area contributed by atoms with Crippen LogP contribution in [0.4, 0.5) is 0 Å². The number of allylic oxidation sites excluding steroid dienone is 1. The molecule has 0 amide bonds. The molecule has 0 N–H and O–H groups in total. The smallest absolute Gasteiger partial charge is 0.142 e. The minimum Gasteiger partial charge on any atom is -0.268 e. The molecule has 0 aromatic rings. The highest BCUT2D eigenvalue weighted by atomic mass is 35.5. The van der Waals surface area contributed by atoms with Crippen LogP contribution in [-0.4, -0.2) is 11.7 Å². The van der Waals surface area contributed by atoms with Crippen molar-refractivity contribution in [2.24, 2.45) is 4.99 Å². The minimum atomic E-state index is 0.432. The largest absolute Gasteiger partial charge is 0.268 e. The maximum atomic E-state index is 5.46. The zero-order valence-corrected chi connectivity index (χ0v) is 5.00. The van der Waals surface area contributed by atoms with Gasteiger partial charge in [-0.2, -0.15) is 0 Å². The average molecular weight is 136 g/mol. The number of hydrogen-bond donors (Lipinski definition) is 0. The lowest BCUT2D eigenvalue weighted by atomic mass is 10.6. The highest BCUT2D eigenvalue weighted by molar-refractivity contribution is 6.76. The summed E-state index contributed by atoms with van der Waals surface area (Å²) in [7, 11) is 0. The summed E-state index contributed by atoms with van der Waals surface area (Å²) in [5.41, 5.74) is 0. The van der Waals surface area contributed by atoms with Crippen LogP contribution in [0.1, 0.15) is 0 Å². The van der Waals surface area contributed by atoms with Crippen molar-refractivity contribution in [3.8, 4) is 0 Å². The van der Waals surface area contributed by atoms with E-state index in [1.165, 1.54) is 0 Å². The van der Waals surface area contributed by atoms with Crippen LogP contribution in [0, 0.1) is 0 Å². The van der Waals surface area contributed by atoms with Crippen LogP contribution >= 0.6 is 23.2 Å². The highest BCUT2D eigenvalue weighted by Gasteiger charge is 2.02. The summed E-state index contributed by atoms with van der Waals surface area (Å²) in [6, 6.07) is 0. The number of halogens is 2. The van der Waals surface area contributed by atoms with Crippen LogP contribution in [-0.2, 0) is 0 Å². The molecule has 1 nitrogen and oxygen atoms in total. The van der Waals surface area contributed by atoms with E-state index in [0.29, 0.717) is 16.7 Å². The lowest BCUT2D eigenvalue weighted by Gasteiger charge is -1.79. The molecule has 0 aromatic heterocycles. The van der Waals surface area contributed by atoms with E-state index in [4.69, 9.17) is 23.2 Å². The summed E-state index contributed by atoms with van der Waals surface area (Å²) in [5, 5.41) is 1.00. The van der Waals surface area contributed by atoms with E-state index in [-0.39, 0.29) is 0 Å². The van der Waals surface area contributed by atoms with Gasteiger partial charge in [0.2, 0.25) is 0 Å². The van der Waals surface area contributed by atoms with Gasteiger partial charge < -0.3 is 0 Å². The second-order valence-corrected chi connectivity index (χ2v) is 1.95. The molecule has 0 radical (unpaired) electrons. The maximum absolute atomic E-state index is 5.46. The van der Waals surface area contributed by atoms with E-state index in [1.54, 1.807) is 6.08 Å². The van der Waals surface area contributed by atoms with Crippen molar-refractivity contribution >= 4 is 28.4 Å². The molecule has 0 spiro atoms. The van der Waals surface area contributed by atoms with Crippen LogP contribution in [0.25, 0.3) is 0 Å². The third-order valence-electron chi connectivity index (χ3n) is 0.698. The van der Waals surface area contributed by atoms with Crippen molar-refractivity contribution in [3.05, 3.63) is 11.1 Å². The normalized spacial score (nSPS) is 19.1. The molecule has 0 saturated carbocycles. The van der Waals surface area contributed by atoms with Gasteiger partial charge in [-0.05, 0) is 6.08 Å². The van der Waals surface area contributed by atoms with Crippen molar-refractivity contribution in [2.45, 2.75) is 0 Å². The molecule has 1 heterocycles. The van der Waals surface area contributed by atoms with Gasteiger partial charge in [0.05, 0.1) is 11.6 Å². The van der Waals surface area contributed by atoms with Gasteiger partial charge in [-0.1, -0.05) is 23.2 Å². The van der Waals surface area contributed by atoms with Gasteiger partial charge in [0.15, 0.2) is 0 Å². The summed E-state index contributed by atoms with van der Waals surface area (Å²) < 4.78 is 0. The molecule has 0 unspecified atom stereocenters. The summed E-state index contributed by atoms with van der Waals surface area (Å²) in [4.78, 5) is 3.77. The first-order chi connectivity index (χ1) is 3.30. The fraction of sp³-hybridized carbons (Fsp3) is 0.250. The van der Waals surface area contributed by atoms with Gasteiger partial charge in [-0.15, -0.1) is 0 Å². The van der Waals surface area contributed by atoms with Gasteiger partial charge in [0, 0.05) is 0 Å². The van der Waals surface area contributed by atoms with Gasteiger partial charge >= 0.3 is 0 Å². The number of rotatable bonds is 0. The first-order valence-corrected chi connectivity index (χ1v) is 2.62. The molecule has 1 rings (SSSR count). The Hall–Kier alpha value is -0.0100. The van der Waals surface area contributed by atoms with Gasteiger partial charge in [-0.25, -0.2) is 0 Å². The second-order valence-electron chi connectivity index (χ2n) is 1.18. The number of nitrogens with zero attached hydrogens (tertiary/aromatic N) is 1. The molecular weight excluding hydrogens is 133 g/mol. The molecule has 3 heteroatoms. The summed E-state index contributed by atoms with van der Waals surface area (Å²) in [6.45, 7) is 0.637. The fourth-order valence-electron chi connectivity index (χ4n) is 0.366. The van der Waals surface area contributed by atoms with Crippen LogP contribution < -0.4 is 0 Å². The molecule has 0 aromatic carbocycles. The zero-order chi connectivity index (χ0) is 5.28. The molecule has 0 bridgehead atoms. The minimum absolute atomic E-state index is 0.432. The molecule has 7 heavy (non-hydrogen) atoms. The molecule has 1 aliphatic heterocycles. The van der Waals surface area contributed by atoms with Gasteiger partial charge in [-0.3, -0.25) is 4.99 Å². The Labute approximate surface area is 51.6 Å². The van der Waals surface area contributed by atoms with E-state index >= 15 is 0 Å². The van der Waals surface area contributed by atoms with E-state index < -0.39 is 0 Å². The molecule has 0 atom stereocenters. The lowest BCUT2D eigenvalue weighted by Crippen LogP contribution is -1.76. The highest BCUT2D eigenvalue weighted by Crippen LogP contribution is 2.12. The third kappa shape index (κ3) is 0.956. The first-order valence-electron chi connectivity index (χ1n) is 1.86. The average Bonchev–Trinajstić information content (AvgIpc) is 1.91. The Morgan fingerprint density at radius 3 is 2.43 bits per heavy atom. The molecular formula is C4H3Cl2N. The number of hydrogen-bond acceptors (Lipinski definition) is 1. The predicted molar refractivity (Wildman–Crippen MR) is 32.1 cm³/mol. The van der Waals surface area contributed by atoms with Crippen LogP contribution in [0.3, 0.4) is 0 Å². The second kappa shape index (κ2) is 1.85. The predicted octanol–water partition coefficient (Wildman–Crippen LogP) is 1.76. The van der Waals surface area contributed by atoms with Gasteiger partial charge in [0.25, 0.3) is 0 Å². The quantitative estimate of drug-likeness (QED) is 0.481. The molecule has 1 aliphatic rings. The van der Waals surface area contributed by atoms with Crippen molar-refractivity contribution in [2.75, 3.05) is 6.54 Å². The Balaban J connectivity index is 2.78. The third-order valence-corrected chi connectivity index (χ3v) is 1.45. The fourth-order valence-corrected chi connectivity index (χ4v) is 0.641. The van der Waals surface area contributed by atoms with Crippen LogP contribution in [0.5, 0.6) is 0 Å². The van der Waals surface area contributed by atoms with Gasteiger partial charge in [0.1, 0.15) is 5.17 Å². The van der Waals surface area contributed by atoms with Crippen LogP contribution in [0.2, 0.25) is 0 Å². The Bertz CT molecular complexity index is 121. The summed E-state index contributed by atoms with van der Waals surface area (Å²) in [5.74, 6) is 0. The summed E-state index contributed by atoms with van der Waals surface area (Å²) >= 11 is 10.9. The molecule has 0 saturated heterocycles. The Morgan fingerprint density at radius 2 is 2.29 bits per heavy atom. The van der Waals surface area contributed by atoms with E-state index in [2.05, 4.69) is 4.99 Å². The monoisotopic (exact) mass is 135 g/mol.